The SMILES string of the molecule is CCCc1nc(SC(C)c2ccccc2Cl)n[nH]1. The third-order valence-electron chi connectivity index (χ3n) is 2.62. The summed E-state index contributed by atoms with van der Waals surface area (Å²) in [7, 11) is 0. The normalized spacial score (nSPS) is 12.6. The maximum absolute atomic E-state index is 6.18. The van der Waals surface area contributed by atoms with E-state index in [-0.39, 0.29) is 5.25 Å². The molecular weight excluding hydrogens is 266 g/mol. The molecule has 1 heterocycles. The number of nitrogens with one attached hydrogen (secondary N) is 1. The molecule has 0 bridgehead atoms. The fourth-order valence-corrected chi connectivity index (χ4v) is 2.98. The number of hydrogen-bond donors (Lipinski definition) is 1. The molecule has 2 aromatic rings. The van der Waals surface area contributed by atoms with Crippen LogP contribution in [0.25, 0.3) is 0 Å². The summed E-state index contributed by atoms with van der Waals surface area (Å²) in [5, 5.41) is 8.99. The van der Waals surface area contributed by atoms with Crippen LogP contribution in [0, 0.1) is 0 Å². The third kappa shape index (κ3) is 3.27. The summed E-state index contributed by atoms with van der Waals surface area (Å²) in [6.45, 7) is 4.24. The van der Waals surface area contributed by atoms with Gasteiger partial charge in [-0.25, -0.2) is 4.98 Å². The van der Waals surface area contributed by atoms with E-state index in [1.165, 1.54) is 0 Å². The van der Waals surface area contributed by atoms with E-state index in [1.54, 1.807) is 11.8 Å². The van der Waals surface area contributed by atoms with Gasteiger partial charge in [0.15, 0.2) is 0 Å². The Hall–Kier alpha value is -1.00. The summed E-state index contributed by atoms with van der Waals surface area (Å²) in [5.74, 6) is 0.950. The Morgan fingerprint density at radius 1 is 1.39 bits per heavy atom. The smallest absolute Gasteiger partial charge is 0.209 e. The van der Waals surface area contributed by atoms with Crippen molar-refractivity contribution >= 4 is 23.4 Å². The highest BCUT2D eigenvalue weighted by Crippen LogP contribution is 2.36. The number of aryl methyl sites for hydroxylation is 1. The summed E-state index contributed by atoms with van der Waals surface area (Å²) >= 11 is 7.80. The van der Waals surface area contributed by atoms with Crippen molar-refractivity contribution in [1.29, 1.82) is 0 Å². The minimum absolute atomic E-state index is 0.240. The van der Waals surface area contributed by atoms with Gasteiger partial charge in [0.1, 0.15) is 5.82 Å². The van der Waals surface area contributed by atoms with E-state index in [4.69, 9.17) is 11.6 Å². The third-order valence-corrected chi connectivity index (χ3v) is 3.97. The summed E-state index contributed by atoms with van der Waals surface area (Å²) in [4.78, 5) is 4.45. The zero-order valence-electron chi connectivity index (χ0n) is 10.5. The Balaban J connectivity index is 2.06. The van der Waals surface area contributed by atoms with Gasteiger partial charge in [-0.05, 0) is 25.0 Å². The van der Waals surface area contributed by atoms with Gasteiger partial charge in [-0.15, -0.1) is 5.10 Å². The lowest BCUT2D eigenvalue weighted by atomic mass is 10.2. The van der Waals surface area contributed by atoms with E-state index >= 15 is 0 Å². The van der Waals surface area contributed by atoms with Gasteiger partial charge in [0.25, 0.3) is 0 Å². The Morgan fingerprint density at radius 3 is 2.89 bits per heavy atom. The number of aromatic nitrogens is 3. The molecule has 0 saturated carbocycles. The Labute approximate surface area is 116 Å². The number of benzene rings is 1. The van der Waals surface area contributed by atoms with Gasteiger partial charge in [0, 0.05) is 16.7 Å². The molecule has 2 rings (SSSR count). The van der Waals surface area contributed by atoms with Crippen LogP contribution in [0.3, 0.4) is 0 Å². The van der Waals surface area contributed by atoms with Crippen molar-refractivity contribution in [1.82, 2.24) is 15.2 Å². The zero-order valence-corrected chi connectivity index (χ0v) is 12.1. The van der Waals surface area contributed by atoms with Crippen molar-refractivity contribution in [2.75, 3.05) is 0 Å². The monoisotopic (exact) mass is 281 g/mol. The number of rotatable bonds is 5. The highest BCUT2D eigenvalue weighted by molar-refractivity contribution is 7.99. The molecule has 0 spiro atoms. The number of hydrogen-bond acceptors (Lipinski definition) is 3. The molecule has 0 aliphatic heterocycles. The molecule has 3 nitrogen and oxygen atoms in total. The average molecular weight is 282 g/mol. The van der Waals surface area contributed by atoms with Crippen molar-refractivity contribution in [3.05, 3.63) is 40.7 Å². The topological polar surface area (TPSA) is 41.6 Å². The lowest BCUT2D eigenvalue weighted by Crippen LogP contribution is -1.90. The molecule has 5 heteroatoms. The largest absolute Gasteiger partial charge is 0.262 e. The first kappa shape index (κ1) is 13.4. The molecule has 96 valence electrons. The molecule has 1 aromatic heterocycles. The quantitative estimate of drug-likeness (QED) is 0.833. The molecule has 0 radical (unpaired) electrons. The van der Waals surface area contributed by atoms with E-state index in [9.17, 15) is 0 Å². The lowest BCUT2D eigenvalue weighted by Gasteiger charge is -2.10. The van der Waals surface area contributed by atoms with E-state index in [0.717, 1.165) is 34.4 Å². The van der Waals surface area contributed by atoms with Crippen molar-refractivity contribution in [2.24, 2.45) is 0 Å². The van der Waals surface area contributed by atoms with Crippen LogP contribution in [-0.4, -0.2) is 15.2 Å². The van der Waals surface area contributed by atoms with E-state index in [0.29, 0.717) is 0 Å². The maximum atomic E-state index is 6.18. The van der Waals surface area contributed by atoms with Crippen LogP contribution in [0.15, 0.2) is 29.4 Å². The molecule has 0 aliphatic rings. The van der Waals surface area contributed by atoms with Crippen molar-refractivity contribution in [3.8, 4) is 0 Å². The summed E-state index contributed by atoms with van der Waals surface area (Å²) in [6.07, 6.45) is 2.01. The van der Waals surface area contributed by atoms with Gasteiger partial charge < -0.3 is 0 Å². The van der Waals surface area contributed by atoms with Gasteiger partial charge in [-0.2, -0.15) is 0 Å². The standard InChI is InChI=1S/C13H16ClN3S/c1-3-6-12-15-13(17-16-12)18-9(2)10-7-4-5-8-11(10)14/h4-5,7-9H,3,6H2,1-2H3,(H,15,16,17). The van der Waals surface area contributed by atoms with Gasteiger partial charge in [0.05, 0.1) is 0 Å². The minimum atomic E-state index is 0.240. The van der Waals surface area contributed by atoms with Crippen LogP contribution in [0.4, 0.5) is 0 Å². The Bertz CT molecular complexity index is 512. The predicted octanol–water partition coefficient (Wildman–Crippen LogP) is 4.26. The van der Waals surface area contributed by atoms with Crippen LogP contribution in [0.2, 0.25) is 5.02 Å². The molecule has 1 N–H and O–H groups in total. The highest BCUT2D eigenvalue weighted by Gasteiger charge is 2.13. The molecule has 0 amide bonds. The number of thioether (sulfide) groups is 1. The van der Waals surface area contributed by atoms with Gasteiger partial charge in [-0.1, -0.05) is 48.5 Å². The van der Waals surface area contributed by atoms with E-state index < -0.39 is 0 Å². The number of H-pyrrole nitrogens is 1. The fraction of sp³-hybridized carbons (Fsp3) is 0.385. The number of aromatic amines is 1. The predicted molar refractivity (Wildman–Crippen MR) is 76.1 cm³/mol. The van der Waals surface area contributed by atoms with Crippen LogP contribution < -0.4 is 0 Å². The van der Waals surface area contributed by atoms with E-state index in [2.05, 4.69) is 29.0 Å². The first-order chi connectivity index (χ1) is 8.70. The summed E-state index contributed by atoms with van der Waals surface area (Å²) in [5.41, 5.74) is 1.12. The second kappa shape index (κ2) is 6.25. The summed E-state index contributed by atoms with van der Waals surface area (Å²) in [6, 6.07) is 7.89. The molecule has 18 heavy (non-hydrogen) atoms. The lowest BCUT2D eigenvalue weighted by molar-refractivity contribution is 0.840. The fourth-order valence-electron chi connectivity index (χ4n) is 1.71. The maximum Gasteiger partial charge on any atom is 0.209 e. The van der Waals surface area contributed by atoms with E-state index in [1.807, 2.05) is 24.3 Å². The second-order valence-electron chi connectivity index (χ2n) is 4.10. The molecule has 1 unspecified atom stereocenters. The summed E-state index contributed by atoms with van der Waals surface area (Å²) < 4.78 is 0. The number of halogens is 1. The molecule has 0 aliphatic carbocycles. The molecule has 1 atom stereocenters. The Morgan fingerprint density at radius 2 is 2.17 bits per heavy atom. The first-order valence-electron chi connectivity index (χ1n) is 6.03. The van der Waals surface area contributed by atoms with Crippen LogP contribution in [0.5, 0.6) is 0 Å². The van der Waals surface area contributed by atoms with Crippen LogP contribution >= 0.6 is 23.4 Å². The molecular formula is C13H16ClN3S. The second-order valence-corrected chi connectivity index (χ2v) is 5.81. The van der Waals surface area contributed by atoms with Crippen molar-refractivity contribution < 1.29 is 0 Å². The first-order valence-corrected chi connectivity index (χ1v) is 7.28. The Kier molecular flexibility index (Phi) is 4.66. The van der Waals surface area contributed by atoms with Crippen LogP contribution in [-0.2, 0) is 6.42 Å². The molecule has 0 saturated heterocycles. The van der Waals surface area contributed by atoms with Gasteiger partial charge in [0.2, 0.25) is 5.16 Å². The highest BCUT2D eigenvalue weighted by atomic mass is 35.5. The average Bonchev–Trinajstić information content (AvgIpc) is 2.77. The van der Waals surface area contributed by atoms with Gasteiger partial charge >= 0.3 is 0 Å². The van der Waals surface area contributed by atoms with Gasteiger partial charge in [-0.3, -0.25) is 5.10 Å². The molecule has 0 fully saturated rings. The minimum Gasteiger partial charge on any atom is -0.262 e. The molecule has 1 aromatic carbocycles. The van der Waals surface area contributed by atoms with Crippen molar-refractivity contribution in [2.45, 2.75) is 37.1 Å². The zero-order chi connectivity index (χ0) is 13.0. The number of nitrogens with zero attached hydrogens (tertiary/aromatic N) is 2. The van der Waals surface area contributed by atoms with Crippen molar-refractivity contribution in [3.63, 3.8) is 0 Å². The van der Waals surface area contributed by atoms with Crippen LogP contribution in [0.1, 0.15) is 36.9 Å².